The predicted molar refractivity (Wildman–Crippen MR) is 135 cm³/mol. The molecule has 4 aliphatic rings. The summed E-state index contributed by atoms with van der Waals surface area (Å²) in [5.74, 6) is -5.09. The Hall–Kier alpha value is -0.740. The van der Waals surface area contributed by atoms with Crippen molar-refractivity contribution in [1.82, 2.24) is 15.1 Å². The van der Waals surface area contributed by atoms with Crippen LogP contribution in [0.15, 0.2) is 0 Å². The molecule has 11 heteroatoms. The van der Waals surface area contributed by atoms with Crippen molar-refractivity contribution >= 4 is 17.5 Å². The van der Waals surface area contributed by atoms with Crippen molar-refractivity contribution in [3.05, 3.63) is 0 Å². The van der Waals surface area contributed by atoms with Gasteiger partial charge in [0.05, 0.1) is 17.9 Å². The van der Waals surface area contributed by atoms with Gasteiger partial charge in [-0.3, -0.25) is 14.6 Å². The minimum atomic E-state index is -4.68. The van der Waals surface area contributed by atoms with Crippen molar-refractivity contribution in [1.29, 1.82) is 0 Å². The molecule has 0 aromatic carbocycles. The number of carbonyl (C=O) groups is 1. The molecule has 4 rings (SSSR count). The van der Waals surface area contributed by atoms with Crippen LogP contribution in [0.5, 0.6) is 0 Å². The molecule has 1 N–H and O–H groups in total. The maximum atomic E-state index is 13.6. The molecule has 1 aliphatic heterocycles. The van der Waals surface area contributed by atoms with Crippen LogP contribution >= 0.6 is 11.6 Å². The largest absolute Gasteiger partial charge is 0.391 e. The fraction of sp³-hybridized carbons (Fsp3) is 0.963. The standard InChI is InChI=1S/C27H42ClF6N3O/c28-22-6-4-5-19(15-22)24(37-11-9-36(10-12-37)23-7-2-1-3-8-23)25(38)35-17-18-13-20(26(29,30)31)16-21(14-18)27(32,33)34/h18-24H,1-17H2,(H,35,38). The summed E-state index contributed by atoms with van der Waals surface area (Å²) in [4.78, 5) is 18.3. The van der Waals surface area contributed by atoms with E-state index >= 15 is 0 Å². The minimum Gasteiger partial charge on any atom is -0.354 e. The van der Waals surface area contributed by atoms with Crippen molar-refractivity contribution in [3.8, 4) is 0 Å². The van der Waals surface area contributed by atoms with Crippen LogP contribution in [0.4, 0.5) is 26.3 Å². The third-order valence-electron chi connectivity index (χ3n) is 9.49. The average Bonchev–Trinajstić information content (AvgIpc) is 2.87. The topological polar surface area (TPSA) is 35.6 Å². The van der Waals surface area contributed by atoms with Crippen LogP contribution in [0, 0.1) is 23.7 Å². The molecule has 3 saturated carbocycles. The van der Waals surface area contributed by atoms with E-state index in [9.17, 15) is 31.1 Å². The van der Waals surface area contributed by atoms with Gasteiger partial charge in [0.2, 0.25) is 5.91 Å². The normalized spacial score (nSPS) is 34.1. The predicted octanol–water partition coefficient (Wildman–Crippen LogP) is 6.38. The maximum absolute atomic E-state index is 13.6. The van der Waals surface area contributed by atoms with Crippen LogP contribution in [-0.2, 0) is 4.79 Å². The van der Waals surface area contributed by atoms with E-state index in [2.05, 4.69) is 15.1 Å². The summed E-state index contributed by atoms with van der Waals surface area (Å²) in [6, 6.07) is 0.139. The summed E-state index contributed by atoms with van der Waals surface area (Å²) in [6.07, 6.45) is -1.50. The summed E-state index contributed by atoms with van der Waals surface area (Å²) in [5.41, 5.74) is 0. The molecule has 4 nitrogen and oxygen atoms in total. The second-order valence-corrected chi connectivity index (χ2v) is 12.7. The molecule has 0 aromatic heterocycles. The molecule has 1 heterocycles. The van der Waals surface area contributed by atoms with E-state index in [1.165, 1.54) is 32.1 Å². The monoisotopic (exact) mass is 573 g/mol. The van der Waals surface area contributed by atoms with Crippen molar-refractivity contribution in [3.63, 3.8) is 0 Å². The summed E-state index contributed by atoms with van der Waals surface area (Å²) in [7, 11) is 0. The van der Waals surface area contributed by atoms with Crippen molar-refractivity contribution in [2.24, 2.45) is 23.7 Å². The Bertz CT molecular complexity index is 745. The molecule has 5 atom stereocenters. The van der Waals surface area contributed by atoms with E-state index in [4.69, 9.17) is 11.6 Å². The van der Waals surface area contributed by atoms with E-state index in [1.54, 1.807) is 0 Å². The summed E-state index contributed by atoms with van der Waals surface area (Å²) < 4.78 is 80.5. The lowest BCUT2D eigenvalue weighted by molar-refractivity contribution is -0.228. The SMILES string of the molecule is O=C(NCC1CC(C(F)(F)F)CC(C(F)(F)F)C1)C(C1CCCC(Cl)C1)N1CCN(C2CCCCC2)CC1. The number of carbonyl (C=O) groups excluding carboxylic acids is 1. The molecule has 0 radical (unpaired) electrons. The Morgan fingerprint density at radius 1 is 0.789 bits per heavy atom. The third-order valence-corrected chi connectivity index (χ3v) is 9.89. The van der Waals surface area contributed by atoms with Gasteiger partial charge in [0, 0.05) is 44.1 Å². The van der Waals surface area contributed by atoms with Crippen molar-refractivity contribution in [2.45, 2.75) is 107 Å². The molecule has 0 bridgehead atoms. The van der Waals surface area contributed by atoms with Crippen LogP contribution in [0.25, 0.3) is 0 Å². The van der Waals surface area contributed by atoms with Gasteiger partial charge in [-0.25, -0.2) is 0 Å². The molecule has 5 unspecified atom stereocenters. The zero-order valence-electron chi connectivity index (χ0n) is 22.0. The van der Waals surface area contributed by atoms with E-state index < -0.39 is 42.6 Å². The molecular weight excluding hydrogens is 532 g/mol. The van der Waals surface area contributed by atoms with Gasteiger partial charge in [0.1, 0.15) is 0 Å². The molecule has 220 valence electrons. The maximum Gasteiger partial charge on any atom is 0.391 e. The number of hydrogen-bond acceptors (Lipinski definition) is 3. The van der Waals surface area contributed by atoms with Crippen LogP contribution in [0.1, 0.15) is 77.0 Å². The zero-order chi connectivity index (χ0) is 27.5. The highest BCUT2D eigenvalue weighted by molar-refractivity contribution is 6.20. The van der Waals surface area contributed by atoms with Crippen molar-refractivity contribution in [2.75, 3.05) is 32.7 Å². The number of nitrogens with one attached hydrogen (secondary N) is 1. The lowest BCUT2D eigenvalue weighted by atomic mass is 9.74. The molecule has 0 spiro atoms. The van der Waals surface area contributed by atoms with Gasteiger partial charge in [-0.05, 0) is 63.2 Å². The zero-order valence-corrected chi connectivity index (χ0v) is 22.8. The lowest BCUT2D eigenvalue weighted by Crippen LogP contribution is -2.59. The lowest BCUT2D eigenvalue weighted by Gasteiger charge is -2.45. The molecule has 0 aromatic rings. The van der Waals surface area contributed by atoms with Crippen LogP contribution in [0.2, 0.25) is 0 Å². The van der Waals surface area contributed by atoms with Gasteiger partial charge in [0.25, 0.3) is 0 Å². The quantitative estimate of drug-likeness (QED) is 0.296. The summed E-state index contributed by atoms with van der Waals surface area (Å²) >= 11 is 6.47. The Morgan fingerprint density at radius 3 is 1.95 bits per heavy atom. The number of rotatable bonds is 6. The first-order valence-electron chi connectivity index (χ1n) is 14.4. The fourth-order valence-electron chi connectivity index (χ4n) is 7.44. The molecule has 1 saturated heterocycles. The summed E-state index contributed by atoms with van der Waals surface area (Å²) in [6.45, 7) is 3.04. The van der Waals surface area contributed by atoms with E-state index in [1.807, 2.05) is 0 Å². The second kappa shape index (κ2) is 12.8. The van der Waals surface area contributed by atoms with Crippen molar-refractivity contribution < 1.29 is 31.1 Å². The van der Waals surface area contributed by atoms with Gasteiger partial charge in [-0.2, -0.15) is 26.3 Å². The van der Waals surface area contributed by atoms with E-state index in [-0.39, 0.29) is 36.6 Å². The first kappa shape index (κ1) is 30.2. The Balaban J connectivity index is 1.40. The fourth-order valence-corrected chi connectivity index (χ4v) is 7.83. The second-order valence-electron chi connectivity index (χ2n) is 12.1. The highest BCUT2D eigenvalue weighted by Gasteiger charge is 2.52. The smallest absolute Gasteiger partial charge is 0.354 e. The molecular formula is C27H42ClF6N3O. The average molecular weight is 574 g/mol. The third kappa shape index (κ3) is 7.93. The number of piperazine rings is 1. The number of alkyl halides is 7. The van der Waals surface area contributed by atoms with Gasteiger partial charge in [-0.1, -0.05) is 25.7 Å². The number of hydrogen-bond donors (Lipinski definition) is 1. The highest BCUT2D eigenvalue weighted by atomic mass is 35.5. The van der Waals surface area contributed by atoms with E-state index in [0.717, 1.165) is 45.4 Å². The number of amides is 1. The molecule has 1 amide bonds. The van der Waals surface area contributed by atoms with Gasteiger partial charge < -0.3 is 5.32 Å². The number of nitrogens with zero attached hydrogens (tertiary/aromatic N) is 2. The Kier molecular flexibility index (Phi) is 10.2. The van der Waals surface area contributed by atoms with Gasteiger partial charge >= 0.3 is 12.4 Å². The van der Waals surface area contributed by atoms with Crippen LogP contribution < -0.4 is 5.32 Å². The molecule has 3 aliphatic carbocycles. The van der Waals surface area contributed by atoms with Gasteiger partial charge in [-0.15, -0.1) is 11.6 Å². The Morgan fingerprint density at radius 2 is 1.39 bits per heavy atom. The first-order chi connectivity index (χ1) is 17.9. The summed E-state index contributed by atoms with van der Waals surface area (Å²) in [5, 5.41) is 2.79. The van der Waals surface area contributed by atoms with Crippen LogP contribution in [0.3, 0.4) is 0 Å². The Labute approximate surface area is 227 Å². The van der Waals surface area contributed by atoms with Gasteiger partial charge in [0.15, 0.2) is 0 Å². The first-order valence-corrected chi connectivity index (χ1v) is 14.9. The minimum absolute atomic E-state index is 0.0222. The molecule has 38 heavy (non-hydrogen) atoms. The molecule has 4 fully saturated rings. The highest BCUT2D eigenvalue weighted by Crippen LogP contribution is 2.47. The van der Waals surface area contributed by atoms with Crippen LogP contribution in [-0.4, -0.2) is 78.2 Å². The van der Waals surface area contributed by atoms with E-state index in [0.29, 0.717) is 12.5 Å². The number of halogens is 7.